The Hall–Kier alpha value is -3.21. The maximum atomic E-state index is 4.49. The molecule has 1 N–H and O–H groups in total. The highest BCUT2D eigenvalue weighted by Gasteiger charge is 2.10. The summed E-state index contributed by atoms with van der Waals surface area (Å²) in [5.41, 5.74) is 3.13. The first-order chi connectivity index (χ1) is 11.9. The molecular formula is C19H17N5. The second kappa shape index (κ2) is 6.50. The first-order valence-electron chi connectivity index (χ1n) is 7.93. The van der Waals surface area contributed by atoms with Crippen molar-refractivity contribution in [1.82, 2.24) is 19.7 Å². The maximum Gasteiger partial charge on any atom is 0.163 e. The maximum absolute atomic E-state index is 4.49. The average molecular weight is 315 g/mol. The van der Waals surface area contributed by atoms with E-state index in [0.717, 1.165) is 35.5 Å². The van der Waals surface area contributed by atoms with Crippen molar-refractivity contribution in [3.05, 3.63) is 78.8 Å². The van der Waals surface area contributed by atoms with E-state index in [1.807, 2.05) is 47.3 Å². The van der Waals surface area contributed by atoms with Gasteiger partial charge in [0, 0.05) is 12.2 Å². The van der Waals surface area contributed by atoms with Crippen LogP contribution in [0.25, 0.3) is 11.0 Å². The molecule has 0 bridgehead atoms. The van der Waals surface area contributed by atoms with Crippen LogP contribution in [0.15, 0.2) is 73.2 Å². The Morgan fingerprint density at radius 2 is 1.62 bits per heavy atom. The number of nitrogens with one attached hydrogen (secondary N) is 1. The zero-order chi connectivity index (χ0) is 16.2. The topological polar surface area (TPSA) is 55.6 Å². The van der Waals surface area contributed by atoms with Gasteiger partial charge in [-0.15, -0.1) is 0 Å². The molecule has 2 heterocycles. The van der Waals surface area contributed by atoms with Crippen LogP contribution >= 0.6 is 0 Å². The van der Waals surface area contributed by atoms with Gasteiger partial charge in [-0.05, 0) is 24.1 Å². The number of aryl methyl sites for hydroxylation is 2. The van der Waals surface area contributed by atoms with Crippen molar-refractivity contribution >= 4 is 22.5 Å². The van der Waals surface area contributed by atoms with Gasteiger partial charge >= 0.3 is 0 Å². The Morgan fingerprint density at radius 3 is 2.42 bits per heavy atom. The van der Waals surface area contributed by atoms with Gasteiger partial charge in [0.15, 0.2) is 5.65 Å². The monoisotopic (exact) mass is 315 g/mol. The molecule has 0 saturated heterocycles. The summed E-state index contributed by atoms with van der Waals surface area (Å²) in [5.74, 6) is 0.775. The molecule has 0 aliphatic rings. The van der Waals surface area contributed by atoms with Gasteiger partial charge in [0.1, 0.15) is 12.1 Å². The molecule has 2 aromatic heterocycles. The summed E-state index contributed by atoms with van der Waals surface area (Å²) in [4.78, 5) is 8.76. The van der Waals surface area contributed by atoms with Crippen molar-refractivity contribution in [2.45, 2.75) is 13.0 Å². The molecule has 0 fully saturated rings. The molecule has 118 valence electrons. The lowest BCUT2D eigenvalue weighted by atomic mass is 10.1. The van der Waals surface area contributed by atoms with E-state index >= 15 is 0 Å². The summed E-state index contributed by atoms with van der Waals surface area (Å²) >= 11 is 0. The summed E-state index contributed by atoms with van der Waals surface area (Å²) in [6.45, 7) is 0.787. The highest BCUT2D eigenvalue weighted by molar-refractivity contribution is 5.88. The molecule has 0 aliphatic carbocycles. The molecule has 0 unspecified atom stereocenters. The second-order valence-corrected chi connectivity index (χ2v) is 5.55. The van der Waals surface area contributed by atoms with E-state index in [1.54, 1.807) is 6.33 Å². The SMILES string of the molecule is c1ccc(CCn2ncc3c(Nc4ccccc4)ncnc32)cc1. The van der Waals surface area contributed by atoms with Gasteiger partial charge in [-0.2, -0.15) is 5.10 Å². The van der Waals surface area contributed by atoms with Crippen molar-refractivity contribution in [2.75, 3.05) is 5.32 Å². The molecule has 0 saturated carbocycles. The number of hydrogen-bond acceptors (Lipinski definition) is 4. The molecule has 24 heavy (non-hydrogen) atoms. The third-order valence-corrected chi connectivity index (χ3v) is 3.93. The van der Waals surface area contributed by atoms with Crippen LogP contribution in [-0.2, 0) is 13.0 Å². The van der Waals surface area contributed by atoms with Gasteiger partial charge in [0.2, 0.25) is 0 Å². The molecule has 5 heteroatoms. The van der Waals surface area contributed by atoms with Gasteiger partial charge in [-0.3, -0.25) is 0 Å². The summed E-state index contributed by atoms with van der Waals surface area (Å²) in [6.07, 6.45) is 4.32. The van der Waals surface area contributed by atoms with Crippen molar-refractivity contribution < 1.29 is 0 Å². The number of anilines is 2. The van der Waals surface area contributed by atoms with Crippen LogP contribution in [0.2, 0.25) is 0 Å². The summed E-state index contributed by atoms with van der Waals surface area (Å²) < 4.78 is 1.93. The third-order valence-electron chi connectivity index (χ3n) is 3.93. The van der Waals surface area contributed by atoms with Gasteiger partial charge < -0.3 is 5.32 Å². The quantitative estimate of drug-likeness (QED) is 0.608. The fourth-order valence-electron chi connectivity index (χ4n) is 2.69. The Balaban J connectivity index is 1.59. The first-order valence-corrected chi connectivity index (χ1v) is 7.93. The molecule has 0 amide bonds. The molecule has 0 spiro atoms. The summed E-state index contributed by atoms with van der Waals surface area (Å²) in [5, 5.41) is 8.74. The lowest BCUT2D eigenvalue weighted by molar-refractivity contribution is 0.629. The molecule has 4 rings (SSSR count). The average Bonchev–Trinajstić information content (AvgIpc) is 3.06. The van der Waals surface area contributed by atoms with Crippen LogP contribution in [0.1, 0.15) is 5.56 Å². The minimum Gasteiger partial charge on any atom is -0.340 e. The van der Waals surface area contributed by atoms with Gasteiger partial charge in [-0.25, -0.2) is 14.6 Å². The summed E-state index contributed by atoms with van der Waals surface area (Å²) in [6, 6.07) is 20.4. The van der Waals surface area contributed by atoms with Crippen LogP contribution < -0.4 is 5.32 Å². The fourth-order valence-corrected chi connectivity index (χ4v) is 2.69. The molecule has 0 radical (unpaired) electrons. The van der Waals surface area contributed by atoms with Crippen LogP contribution in [0.3, 0.4) is 0 Å². The normalized spacial score (nSPS) is 10.8. The Bertz CT molecular complexity index is 932. The van der Waals surface area contributed by atoms with E-state index in [4.69, 9.17) is 0 Å². The Morgan fingerprint density at radius 1 is 0.875 bits per heavy atom. The van der Waals surface area contributed by atoms with Crippen LogP contribution in [0.4, 0.5) is 11.5 Å². The highest BCUT2D eigenvalue weighted by Crippen LogP contribution is 2.22. The van der Waals surface area contributed by atoms with Crippen LogP contribution in [-0.4, -0.2) is 19.7 Å². The van der Waals surface area contributed by atoms with Crippen LogP contribution in [0.5, 0.6) is 0 Å². The first kappa shape index (κ1) is 14.4. The zero-order valence-electron chi connectivity index (χ0n) is 13.1. The number of para-hydroxylation sites is 1. The standard InChI is InChI=1S/C19H17N5/c1-3-7-15(8-4-1)11-12-24-19-17(13-22-24)18(20-14-21-19)23-16-9-5-2-6-10-16/h1-10,13-14H,11-12H2,(H,20,21,23). The van der Waals surface area contributed by atoms with Gasteiger partial charge in [-0.1, -0.05) is 48.5 Å². The number of nitrogens with zero attached hydrogens (tertiary/aromatic N) is 4. The van der Waals surface area contributed by atoms with E-state index in [9.17, 15) is 0 Å². The fraction of sp³-hybridized carbons (Fsp3) is 0.105. The van der Waals surface area contributed by atoms with Crippen LogP contribution in [0, 0.1) is 0 Å². The highest BCUT2D eigenvalue weighted by atomic mass is 15.3. The number of hydrogen-bond donors (Lipinski definition) is 1. The second-order valence-electron chi connectivity index (χ2n) is 5.55. The molecule has 0 aliphatic heterocycles. The zero-order valence-corrected chi connectivity index (χ0v) is 13.1. The lowest BCUT2D eigenvalue weighted by Crippen LogP contribution is -2.04. The summed E-state index contributed by atoms with van der Waals surface area (Å²) in [7, 11) is 0. The number of aromatic nitrogens is 4. The number of benzene rings is 2. The predicted octanol–water partition coefficient (Wildman–Crippen LogP) is 3.81. The molecule has 2 aromatic carbocycles. The van der Waals surface area contributed by atoms with Gasteiger partial charge in [0.05, 0.1) is 11.6 Å². The number of rotatable bonds is 5. The minimum absolute atomic E-state index is 0.775. The van der Waals surface area contributed by atoms with Crippen molar-refractivity contribution in [3.8, 4) is 0 Å². The Labute approximate surface area is 140 Å². The third kappa shape index (κ3) is 2.96. The largest absolute Gasteiger partial charge is 0.340 e. The van der Waals surface area contributed by atoms with Gasteiger partial charge in [0.25, 0.3) is 0 Å². The van der Waals surface area contributed by atoms with E-state index < -0.39 is 0 Å². The molecular weight excluding hydrogens is 298 g/mol. The van der Waals surface area contributed by atoms with Crippen molar-refractivity contribution in [2.24, 2.45) is 0 Å². The Kier molecular flexibility index (Phi) is 3.90. The lowest BCUT2D eigenvalue weighted by Gasteiger charge is -2.07. The smallest absolute Gasteiger partial charge is 0.163 e. The van der Waals surface area contributed by atoms with Crippen molar-refractivity contribution in [1.29, 1.82) is 0 Å². The molecule has 5 nitrogen and oxygen atoms in total. The van der Waals surface area contributed by atoms with E-state index in [1.165, 1.54) is 5.56 Å². The number of fused-ring (bicyclic) bond motifs is 1. The minimum atomic E-state index is 0.775. The van der Waals surface area contributed by atoms with E-state index in [0.29, 0.717) is 0 Å². The molecule has 4 aromatic rings. The van der Waals surface area contributed by atoms with E-state index in [2.05, 4.69) is 44.6 Å². The molecule has 0 atom stereocenters. The van der Waals surface area contributed by atoms with E-state index in [-0.39, 0.29) is 0 Å². The predicted molar refractivity (Wildman–Crippen MR) is 95.2 cm³/mol. The van der Waals surface area contributed by atoms with Crippen molar-refractivity contribution in [3.63, 3.8) is 0 Å².